The molecular weight excluding hydrogens is 222 g/mol. The zero-order chi connectivity index (χ0) is 12.5. The minimum absolute atomic E-state index is 0.678. The number of nitrogens with one attached hydrogen (secondary N) is 1. The molecule has 2 bridgehead atoms. The average molecular weight is 241 g/mol. The third kappa shape index (κ3) is 1.87. The van der Waals surface area contributed by atoms with Crippen LogP contribution in [0.4, 0.5) is 5.69 Å². The highest BCUT2D eigenvalue weighted by molar-refractivity contribution is 5.62. The summed E-state index contributed by atoms with van der Waals surface area (Å²) in [6, 6.07) is 9.33. The lowest BCUT2D eigenvalue weighted by Crippen LogP contribution is -2.32. The third-order valence-corrected chi connectivity index (χ3v) is 4.28. The van der Waals surface area contributed by atoms with Crippen molar-refractivity contribution >= 4 is 5.69 Å². The summed E-state index contributed by atoms with van der Waals surface area (Å²) in [5.41, 5.74) is 3.15. The van der Waals surface area contributed by atoms with Gasteiger partial charge < -0.3 is 10.2 Å². The van der Waals surface area contributed by atoms with E-state index in [1.54, 1.807) is 0 Å². The van der Waals surface area contributed by atoms with E-state index in [0.29, 0.717) is 6.04 Å². The topological polar surface area (TPSA) is 39.1 Å². The third-order valence-electron chi connectivity index (χ3n) is 4.28. The van der Waals surface area contributed by atoms with Gasteiger partial charge in [-0.3, -0.25) is 0 Å². The second kappa shape index (κ2) is 4.62. The molecular formula is C15H19N3. The van der Waals surface area contributed by atoms with Crippen LogP contribution < -0.4 is 10.2 Å². The molecule has 2 unspecified atom stereocenters. The SMILES string of the molecule is CNCc1ccc(N2CC3CCC2C3)c(C#N)c1. The van der Waals surface area contributed by atoms with Gasteiger partial charge in [-0.1, -0.05) is 6.07 Å². The number of rotatable bonds is 3. The molecule has 1 aromatic carbocycles. The molecule has 1 saturated heterocycles. The first-order valence-corrected chi connectivity index (χ1v) is 6.76. The number of piperidine rings is 1. The molecule has 3 heteroatoms. The summed E-state index contributed by atoms with van der Waals surface area (Å²) in [4.78, 5) is 2.45. The number of nitrogens with zero attached hydrogens (tertiary/aromatic N) is 2. The maximum absolute atomic E-state index is 9.34. The normalized spacial score (nSPS) is 25.4. The van der Waals surface area contributed by atoms with Crippen LogP contribution in [0.1, 0.15) is 30.4 Å². The van der Waals surface area contributed by atoms with Gasteiger partial charge in [0.1, 0.15) is 6.07 Å². The number of nitriles is 1. The van der Waals surface area contributed by atoms with E-state index in [1.807, 2.05) is 13.1 Å². The molecule has 3 nitrogen and oxygen atoms in total. The lowest BCUT2D eigenvalue weighted by atomic mass is 10.1. The monoisotopic (exact) mass is 241 g/mol. The Balaban J connectivity index is 1.90. The molecule has 18 heavy (non-hydrogen) atoms. The molecule has 1 N–H and O–H groups in total. The van der Waals surface area contributed by atoms with Gasteiger partial charge in [0.2, 0.25) is 0 Å². The van der Waals surface area contributed by atoms with E-state index in [-0.39, 0.29) is 0 Å². The number of anilines is 1. The Morgan fingerprint density at radius 2 is 2.33 bits per heavy atom. The van der Waals surface area contributed by atoms with E-state index < -0.39 is 0 Å². The van der Waals surface area contributed by atoms with Crippen LogP contribution in [0.15, 0.2) is 18.2 Å². The summed E-state index contributed by atoms with van der Waals surface area (Å²) in [6.45, 7) is 1.96. The molecule has 0 aromatic heterocycles. The fourth-order valence-electron chi connectivity index (χ4n) is 3.46. The van der Waals surface area contributed by atoms with Gasteiger partial charge in [-0.25, -0.2) is 0 Å². The fraction of sp³-hybridized carbons (Fsp3) is 0.533. The van der Waals surface area contributed by atoms with E-state index in [0.717, 1.165) is 30.3 Å². The Labute approximate surface area is 108 Å². The predicted molar refractivity (Wildman–Crippen MR) is 72.4 cm³/mol. The van der Waals surface area contributed by atoms with Crippen molar-refractivity contribution in [1.29, 1.82) is 5.26 Å². The molecule has 0 spiro atoms. The first-order valence-electron chi connectivity index (χ1n) is 6.76. The summed E-state index contributed by atoms with van der Waals surface area (Å²) in [5, 5.41) is 12.5. The van der Waals surface area contributed by atoms with Crippen molar-refractivity contribution in [2.45, 2.75) is 31.8 Å². The summed E-state index contributed by atoms with van der Waals surface area (Å²) < 4.78 is 0. The minimum atomic E-state index is 0.678. The van der Waals surface area contributed by atoms with Gasteiger partial charge >= 0.3 is 0 Å². The van der Waals surface area contributed by atoms with Gasteiger partial charge in [-0.15, -0.1) is 0 Å². The summed E-state index contributed by atoms with van der Waals surface area (Å²) >= 11 is 0. The van der Waals surface area contributed by atoms with E-state index in [9.17, 15) is 5.26 Å². The molecule has 0 amide bonds. The summed E-state index contributed by atoms with van der Waals surface area (Å²) in [7, 11) is 1.93. The number of hydrogen-bond donors (Lipinski definition) is 1. The fourth-order valence-corrected chi connectivity index (χ4v) is 3.46. The quantitative estimate of drug-likeness (QED) is 0.882. The van der Waals surface area contributed by atoms with Gasteiger partial charge in [-0.2, -0.15) is 5.26 Å². The Bertz CT molecular complexity index is 489. The van der Waals surface area contributed by atoms with Crippen LogP contribution in [0.5, 0.6) is 0 Å². The molecule has 0 radical (unpaired) electrons. The van der Waals surface area contributed by atoms with Crippen molar-refractivity contribution in [1.82, 2.24) is 5.32 Å². The van der Waals surface area contributed by atoms with Gasteiger partial charge in [-0.05, 0) is 49.9 Å². The van der Waals surface area contributed by atoms with Gasteiger partial charge in [0.25, 0.3) is 0 Å². The van der Waals surface area contributed by atoms with Crippen LogP contribution >= 0.6 is 0 Å². The molecule has 1 saturated carbocycles. The lowest BCUT2D eigenvalue weighted by molar-refractivity contribution is 0.553. The standard InChI is InChI=1S/C15H19N3/c1-17-9-11-3-5-15(13(6-11)8-16)18-10-12-2-4-14(18)7-12/h3,5-6,12,14,17H,2,4,7,9-10H2,1H3. The number of fused-ring (bicyclic) bond motifs is 2. The van der Waals surface area contributed by atoms with Crippen LogP contribution in [0.25, 0.3) is 0 Å². The predicted octanol–water partition coefficient (Wildman–Crippen LogP) is 2.27. The Kier molecular flexibility index (Phi) is 2.97. The first-order chi connectivity index (χ1) is 8.81. The van der Waals surface area contributed by atoms with Gasteiger partial charge in [0, 0.05) is 19.1 Å². The highest BCUT2D eigenvalue weighted by atomic mass is 15.2. The first kappa shape index (κ1) is 11.6. The van der Waals surface area contributed by atoms with Crippen molar-refractivity contribution in [3.63, 3.8) is 0 Å². The molecule has 94 valence electrons. The van der Waals surface area contributed by atoms with E-state index in [4.69, 9.17) is 0 Å². The summed E-state index contributed by atoms with van der Waals surface area (Å²) in [6.07, 6.45) is 4.00. The molecule has 2 atom stereocenters. The Morgan fingerprint density at radius 3 is 2.94 bits per heavy atom. The summed E-state index contributed by atoms with van der Waals surface area (Å²) in [5.74, 6) is 0.860. The number of benzene rings is 1. The molecule has 2 fully saturated rings. The van der Waals surface area contributed by atoms with Crippen LogP contribution in [0, 0.1) is 17.2 Å². The van der Waals surface area contributed by atoms with Crippen molar-refractivity contribution in [2.75, 3.05) is 18.5 Å². The Morgan fingerprint density at radius 1 is 1.44 bits per heavy atom. The molecule has 1 aliphatic carbocycles. The van der Waals surface area contributed by atoms with Crippen molar-refractivity contribution in [3.8, 4) is 6.07 Å². The van der Waals surface area contributed by atoms with E-state index >= 15 is 0 Å². The van der Waals surface area contributed by atoms with Crippen LogP contribution in [-0.4, -0.2) is 19.6 Å². The molecule has 2 aliphatic rings. The molecule has 3 rings (SSSR count). The van der Waals surface area contributed by atoms with Gasteiger partial charge in [0.05, 0.1) is 11.3 Å². The second-order valence-electron chi connectivity index (χ2n) is 5.48. The lowest BCUT2D eigenvalue weighted by Gasteiger charge is -2.30. The van der Waals surface area contributed by atoms with Crippen LogP contribution in [0.2, 0.25) is 0 Å². The van der Waals surface area contributed by atoms with E-state index in [2.05, 4.69) is 28.4 Å². The zero-order valence-electron chi connectivity index (χ0n) is 10.8. The maximum Gasteiger partial charge on any atom is 0.101 e. The molecule has 1 aromatic rings. The largest absolute Gasteiger partial charge is 0.367 e. The number of hydrogen-bond acceptors (Lipinski definition) is 3. The minimum Gasteiger partial charge on any atom is -0.367 e. The second-order valence-corrected chi connectivity index (χ2v) is 5.48. The maximum atomic E-state index is 9.34. The van der Waals surface area contributed by atoms with Crippen LogP contribution in [-0.2, 0) is 6.54 Å². The van der Waals surface area contributed by atoms with Crippen molar-refractivity contribution in [3.05, 3.63) is 29.3 Å². The Hall–Kier alpha value is -1.53. The van der Waals surface area contributed by atoms with Crippen molar-refractivity contribution < 1.29 is 0 Å². The molecule has 1 heterocycles. The van der Waals surface area contributed by atoms with Crippen LogP contribution in [0.3, 0.4) is 0 Å². The highest BCUT2D eigenvalue weighted by Gasteiger charge is 2.38. The van der Waals surface area contributed by atoms with E-state index in [1.165, 1.54) is 24.8 Å². The highest BCUT2D eigenvalue weighted by Crippen LogP contribution is 2.41. The smallest absolute Gasteiger partial charge is 0.101 e. The van der Waals surface area contributed by atoms with Gasteiger partial charge in [0.15, 0.2) is 0 Å². The average Bonchev–Trinajstić information content (AvgIpc) is 3.01. The zero-order valence-corrected chi connectivity index (χ0v) is 10.8. The molecule has 1 aliphatic heterocycles. The van der Waals surface area contributed by atoms with Crippen molar-refractivity contribution in [2.24, 2.45) is 5.92 Å².